The highest BCUT2D eigenvalue weighted by Gasteiger charge is 2.24. The molecule has 0 aromatic carbocycles. The Kier molecular flexibility index (Phi) is 6.48. The predicted octanol–water partition coefficient (Wildman–Crippen LogP) is 3.55. The van der Waals surface area contributed by atoms with Gasteiger partial charge in [-0.3, -0.25) is 4.79 Å². The molecule has 1 saturated heterocycles. The minimum atomic E-state index is 0.0224. The molecular weight excluding hydrogens is 338 g/mol. The molecule has 3 heterocycles. The van der Waals surface area contributed by atoms with Crippen molar-refractivity contribution in [2.45, 2.75) is 52.0 Å². The second-order valence-corrected chi connectivity index (χ2v) is 7.32. The zero-order valence-electron chi connectivity index (χ0n) is 16.8. The van der Waals surface area contributed by atoms with E-state index in [9.17, 15) is 4.79 Å². The van der Waals surface area contributed by atoms with Crippen molar-refractivity contribution in [1.29, 1.82) is 0 Å². The van der Waals surface area contributed by atoms with Gasteiger partial charge >= 0.3 is 0 Å². The Balaban J connectivity index is 1.59. The average Bonchev–Trinajstić information content (AvgIpc) is 3.20. The van der Waals surface area contributed by atoms with Gasteiger partial charge in [-0.15, -0.1) is 0 Å². The van der Waals surface area contributed by atoms with Crippen LogP contribution in [-0.2, 0) is 6.54 Å². The highest BCUT2D eigenvalue weighted by molar-refractivity contribution is 5.93. The third kappa shape index (κ3) is 4.49. The fraction of sp³-hybridized carbons (Fsp3) is 0.571. The third-order valence-corrected chi connectivity index (χ3v) is 5.50. The lowest BCUT2D eigenvalue weighted by molar-refractivity contribution is 0.0802. The Hall–Kier alpha value is -2.37. The summed E-state index contributed by atoms with van der Waals surface area (Å²) < 4.78 is 2.33. The van der Waals surface area contributed by atoms with E-state index in [1.165, 1.54) is 18.7 Å². The molecule has 0 N–H and O–H groups in total. The van der Waals surface area contributed by atoms with Crippen molar-refractivity contribution < 1.29 is 4.79 Å². The summed E-state index contributed by atoms with van der Waals surface area (Å²) in [4.78, 5) is 25.4. The second-order valence-electron chi connectivity index (χ2n) is 7.32. The molecule has 1 aliphatic rings. The average molecular weight is 370 g/mol. The Labute approximate surface area is 162 Å². The lowest BCUT2D eigenvalue weighted by atomic mass is 9.95. The van der Waals surface area contributed by atoms with Crippen LogP contribution in [0.15, 0.2) is 30.7 Å². The van der Waals surface area contributed by atoms with Crippen molar-refractivity contribution in [2.75, 3.05) is 31.6 Å². The molecule has 0 saturated carbocycles. The van der Waals surface area contributed by atoms with E-state index < -0.39 is 0 Å². The van der Waals surface area contributed by atoms with E-state index >= 15 is 0 Å². The number of carbonyl (C=O) groups excluding carboxylic acids is 1. The number of anilines is 1. The van der Waals surface area contributed by atoms with Gasteiger partial charge in [-0.05, 0) is 38.3 Å². The standard InChI is InChI=1S/C21H31N5O/c1-4-6-12-26-15-11-22-20(26)17-9-13-25(14-10-17)19-8-7-18(16-23-19)21(27)24(3)5-2/h7-8,11,15-17H,4-6,9-10,12-14H2,1-3H3. The number of pyridine rings is 1. The van der Waals surface area contributed by atoms with Crippen LogP contribution < -0.4 is 4.90 Å². The van der Waals surface area contributed by atoms with E-state index in [0.717, 1.165) is 38.3 Å². The van der Waals surface area contributed by atoms with Crippen LogP contribution in [0.2, 0.25) is 0 Å². The van der Waals surface area contributed by atoms with Crippen molar-refractivity contribution in [1.82, 2.24) is 19.4 Å². The van der Waals surface area contributed by atoms with Crippen LogP contribution in [-0.4, -0.2) is 52.0 Å². The number of amides is 1. The van der Waals surface area contributed by atoms with E-state index in [0.29, 0.717) is 18.0 Å². The van der Waals surface area contributed by atoms with Crippen LogP contribution >= 0.6 is 0 Å². The molecule has 27 heavy (non-hydrogen) atoms. The molecule has 0 bridgehead atoms. The number of nitrogens with zero attached hydrogens (tertiary/aromatic N) is 5. The molecule has 1 fully saturated rings. The zero-order valence-corrected chi connectivity index (χ0v) is 16.8. The minimum absolute atomic E-state index is 0.0224. The first-order valence-corrected chi connectivity index (χ1v) is 10.1. The Bertz CT molecular complexity index is 731. The Morgan fingerprint density at radius 3 is 2.63 bits per heavy atom. The first-order chi connectivity index (χ1) is 13.1. The smallest absolute Gasteiger partial charge is 0.255 e. The molecule has 2 aromatic heterocycles. The number of aromatic nitrogens is 3. The number of hydrogen-bond donors (Lipinski definition) is 0. The van der Waals surface area contributed by atoms with Crippen molar-refractivity contribution >= 4 is 11.7 Å². The van der Waals surface area contributed by atoms with E-state index in [-0.39, 0.29) is 5.91 Å². The fourth-order valence-corrected chi connectivity index (χ4v) is 3.63. The number of piperidine rings is 1. The first kappa shape index (κ1) is 19.4. The molecule has 6 nitrogen and oxygen atoms in total. The Morgan fingerprint density at radius 2 is 2.00 bits per heavy atom. The molecule has 0 atom stereocenters. The summed E-state index contributed by atoms with van der Waals surface area (Å²) in [6.45, 7) is 7.90. The number of rotatable bonds is 7. The normalized spacial score (nSPS) is 15.1. The maximum Gasteiger partial charge on any atom is 0.255 e. The van der Waals surface area contributed by atoms with Crippen molar-refractivity contribution in [3.63, 3.8) is 0 Å². The van der Waals surface area contributed by atoms with Gasteiger partial charge in [0.15, 0.2) is 0 Å². The fourth-order valence-electron chi connectivity index (χ4n) is 3.63. The monoisotopic (exact) mass is 369 g/mol. The van der Waals surface area contributed by atoms with E-state index in [1.807, 2.05) is 32.3 Å². The van der Waals surface area contributed by atoms with Crippen LogP contribution in [0.5, 0.6) is 0 Å². The topological polar surface area (TPSA) is 54.3 Å². The minimum Gasteiger partial charge on any atom is -0.357 e. The number of unbranched alkanes of at least 4 members (excludes halogenated alkanes) is 1. The van der Waals surface area contributed by atoms with Crippen LogP contribution in [0.1, 0.15) is 61.6 Å². The maximum absolute atomic E-state index is 12.2. The van der Waals surface area contributed by atoms with E-state index in [4.69, 9.17) is 0 Å². The van der Waals surface area contributed by atoms with Gasteiger partial charge in [0.25, 0.3) is 5.91 Å². The summed E-state index contributed by atoms with van der Waals surface area (Å²) in [7, 11) is 1.81. The van der Waals surface area contributed by atoms with Gasteiger partial charge in [-0.25, -0.2) is 9.97 Å². The van der Waals surface area contributed by atoms with Gasteiger partial charge in [0.1, 0.15) is 11.6 Å². The lowest BCUT2D eigenvalue weighted by Crippen LogP contribution is -2.34. The third-order valence-electron chi connectivity index (χ3n) is 5.50. The summed E-state index contributed by atoms with van der Waals surface area (Å²) in [5, 5.41) is 0. The van der Waals surface area contributed by atoms with Crippen LogP contribution in [0.4, 0.5) is 5.82 Å². The highest BCUT2D eigenvalue weighted by Crippen LogP contribution is 2.29. The molecule has 3 rings (SSSR count). The van der Waals surface area contributed by atoms with Gasteiger partial charge < -0.3 is 14.4 Å². The number of aryl methyl sites for hydroxylation is 1. The van der Waals surface area contributed by atoms with Crippen LogP contribution in [0.25, 0.3) is 0 Å². The van der Waals surface area contributed by atoms with Crippen molar-refractivity contribution in [2.24, 2.45) is 0 Å². The largest absolute Gasteiger partial charge is 0.357 e. The first-order valence-electron chi connectivity index (χ1n) is 10.1. The van der Waals surface area contributed by atoms with Gasteiger partial charge in [0.05, 0.1) is 5.56 Å². The molecule has 0 radical (unpaired) electrons. The second kappa shape index (κ2) is 9.02. The molecule has 0 aliphatic carbocycles. The molecule has 1 aliphatic heterocycles. The molecule has 0 spiro atoms. The molecule has 6 heteroatoms. The number of carbonyl (C=O) groups is 1. The summed E-state index contributed by atoms with van der Waals surface area (Å²) in [5.74, 6) is 2.74. The van der Waals surface area contributed by atoms with Crippen molar-refractivity contribution in [3.8, 4) is 0 Å². The summed E-state index contributed by atoms with van der Waals surface area (Å²) in [6.07, 6.45) is 10.3. The maximum atomic E-state index is 12.2. The summed E-state index contributed by atoms with van der Waals surface area (Å²) in [6, 6.07) is 3.86. The lowest BCUT2D eigenvalue weighted by Gasteiger charge is -2.32. The van der Waals surface area contributed by atoms with Crippen LogP contribution in [0, 0.1) is 0 Å². The molecular formula is C21H31N5O. The van der Waals surface area contributed by atoms with Crippen molar-refractivity contribution in [3.05, 3.63) is 42.1 Å². The van der Waals surface area contributed by atoms with Gasteiger partial charge in [-0.2, -0.15) is 0 Å². The van der Waals surface area contributed by atoms with Gasteiger partial charge in [0.2, 0.25) is 0 Å². The number of hydrogen-bond acceptors (Lipinski definition) is 4. The van der Waals surface area contributed by atoms with E-state index in [1.54, 1.807) is 11.1 Å². The summed E-state index contributed by atoms with van der Waals surface area (Å²) >= 11 is 0. The van der Waals surface area contributed by atoms with Crippen LogP contribution in [0.3, 0.4) is 0 Å². The van der Waals surface area contributed by atoms with E-state index in [2.05, 4.69) is 32.6 Å². The molecule has 146 valence electrons. The Morgan fingerprint density at radius 1 is 1.22 bits per heavy atom. The van der Waals surface area contributed by atoms with Gasteiger partial charge in [-0.1, -0.05) is 13.3 Å². The number of imidazole rings is 1. The zero-order chi connectivity index (χ0) is 19.2. The molecule has 0 unspecified atom stereocenters. The molecule has 2 aromatic rings. The molecule has 1 amide bonds. The summed E-state index contributed by atoms with van der Waals surface area (Å²) in [5.41, 5.74) is 0.649. The highest BCUT2D eigenvalue weighted by atomic mass is 16.2. The predicted molar refractivity (Wildman–Crippen MR) is 108 cm³/mol. The van der Waals surface area contributed by atoms with Gasteiger partial charge in [0, 0.05) is 57.7 Å². The quantitative estimate of drug-likeness (QED) is 0.749. The SMILES string of the molecule is CCCCn1ccnc1C1CCN(c2ccc(C(=O)N(C)CC)cn2)CC1.